The van der Waals surface area contributed by atoms with E-state index in [2.05, 4.69) is 13.0 Å². The van der Waals surface area contributed by atoms with E-state index < -0.39 is 0 Å². The minimum absolute atomic E-state index is 0.139. The number of rotatable bonds is 6. The van der Waals surface area contributed by atoms with Crippen molar-refractivity contribution >= 4 is 5.91 Å². The van der Waals surface area contributed by atoms with Crippen molar-refractivity contribution in [3.8, 4) is 6.07 Å². The molecule has 0 aliphatic carbocycles. The standard InChI is InChI=1S/C20H22N2O/c1-3-12-22(15-19-10-8-18(14-21)9-11-19)20(23)13-17-6-4-16(2)5-7-17/h4-11H,3,12-13,15H2,1-2H3. The Kier molecular flexibility index (Phi) is 5.94. The van der Waals surface area contributed by atoms with Crippen LogP contribution in [-0.4, -0.2) is 17.4 Å². The van der Waals surface area contributed by atoms with Crippen molar-refractivity contribution in [2.24, 2.45) is 0 Å². The summed E-state index contributed by atoms with van der Waals surface area (Å²) >= 11 is 0. The first-order valence-corrected chi connectivity index (χ1v) is 7.94. The van der Waals surface area contributed by atoms with E-state index in [4.69, 9.17) is 5.26 Å². The maximum atomic E-state index is 12.6. The first kappa shape index (κ1) is 16.8. The molecule has 0 aliphatic rings. The number of benzene rings is 2. The van der Waals surface area contributed by atoms with Gasteiger partial charge >= 0.3 is 0 Å². The van der Waals surface area contributed by atoms with E-state index in [-0.39, 0.29) is 5.91 Å². The second-order valence-corrected chi connectivity index (χ2v) is 5.79. The van der Waals surface area contributed by atoms with E-state index in [1.807, 2.05) is 48.2 Å². The fourth-order valence-corrected chi connectivity index (χ4v) is 2.46. The van der Waals surface area contributed by atoms with Gasteiger partial charge in [0.1, 0.15) is 0 Å². The zero-order valence-electron chi connectivity index (χ0n) is 13.7. The lowest BCUT2D eigenvalue weighted by Gasteiger charge is -2.22. The third-order valence-corrected chi connectivity index (χ3v) is 3.78. The fraction of sp³-hybridized carbons (Fsp3) is 0.300. The van der Waals surface area contributed by atoms with Crippen molar-refractivity contribution < 1.29 is 4.79 Å². The zero-order chi connectivity index (χ0) is 16.7. The minimum Gasteiger partial charge on any atom is -0.338 e. The fourth-order valence-electron chi connectivity index (χ4n) is 2.46. The summed E-state index contributed by atoms with van der Waals surface area (Å²) in [5.41, 5.74) is 3.93. The van der Waals surface area contributed by atoms with Gasteiger partial charge in [-0.05, 0) is 36.6 Å². The van der Waals surface area contributed by atoms with Gasteiger partial charge in [-0.25, -0.2) is 0 Å². The molecule has 0 fully saturated rings. The van der Waals surface area contributed by atoms with Crippen LogP contribution in [0.25, 0.3) is 0 Å². The Labute approximate surface area is 138 Å². The summed E-state index contributed by atoms with van der Waals surface area (Å²) in [5, 5.41) is 8.85. The van der Waals surface area contributed by atoms with Gasteiger partial charge in [-0.15, -0.1) is 0 Å². The summed E-state index contributed by atoms with van der Waals surface area (Å²) < 4.78 is 0. The molecule has 0 N–H and O–H groups in total. The van der Waals surface area contributed by atoms with Gasteiger partial charge in [0.15, 0.2) is 0 Å². The molecule has 2 aromatic rings. The number of nitrogens with zero attached hydrogens (tertiary/aromatic N) is 2. The topological polar surface area (TPSA) is 44.1 Å². The molecule has 0 spiro atoms. The van der Waals surface area contributed by atoms with Gasteiger partial charge in [0.2, 0.25) is 5.91 Å². The number of hydrogen-bond acceptors (Lipinski definition) is 2. The number of carbonyl (C=O) groups is 1. The molecule has 1 amide bonds. The Morgan fingerprint density at radius 2 is 1.65 bits per heavy atom. The number of nitriles is 1. The maximum absolute atomic E-state index is 12.6. The van der Waals surface area contributed by atoms with Crippen molar-refractivity contribution in [3.05, 3.63) is 70.8 Å². The van der Waals surface area contributed by atoms with Crippen molar-refractivity contribution in [1.29, 1.82) is 5.26 Å². The molecule has 0 saturated heterocycles. The predicted molar refractivity (Wildman–Crippen MR) is 91.7 cm³/mol. The van der Waals surface area contributed by atoms with Gasteiger partial charge in [0.05, 0.1) is 18.1 Å². The molecule has 0 aliphatic heterocycles. The first-order chi connectivity index (χ1) is 11.1. The second-order valence-electron chi connectivity index (χ2n) is 5.79. The predicted octanol–water partition coefficient (Wildman–Crippen LogP) is 3.85. The number of aryl methyl sites for hydroxylation is 1. The highest BCUT2D eigenvalue weighted by Gasteiger charge is 2.14. The molecule has 23 heavy (non-hydrogen) atoms. The SMILES string of the molecule is CCCN(Cc1ccc(C#N)cc1)C(=O)Cc1ccc(C)cc1. The van der Waals surface area contributed by atoms with E-state index in [9.17, 15) is 4.79 Å². The summed E-state index contributed by atoms with van der Waals surface area (Å²) in [4.78, 5) is 14.5. The summed E-state index contributed by atoms with van der Waals surface area (Å²) in [6, 6.07) is 17.6. The molecule has 2 rings (SSSR count). The lowest BCUT2D eigenvalue weighted by atomic mass is 10.1. The second kappa shape index (κ2) is 8.14. The van der Waals surface area contributed by atoms with E-state index >= 15 is 0 Å². The van der Waals surface area contributed by atoms with Gasteiger partial charge in [0, 0.05) is 13.1 Å². The molecular formula is C20H22N2O. The third-order valence-electron chi connectivity index (χ3n) is 3.78. The lowest BCUT2D eigenvalue weighted by Crippen LogP contribution is -2.32. The maximum Gasteiger partial charge on any atom is 0.227 e. The molecule has 0 saturated carbocycles. The van der Waals surface area contributed by atoms with E-state index in [0.29, 0.717) is 18.5 Å². The number of carbonyl (C=O) groups excluding carboxylic acids is 1. The van der Waals surface area contributed by atoms with Crippen LogP contribution < -0.4 is 0 Å². The number of amides is 1. The summed E-state index contributed by atoms with van der Waals surface area (Å²) in [6.07, 6.45) is 1.35. The molecule has 118 valence electrons. The zero-order valence-corrected chi connectivity index (χ0v) is 13.7. The smallest absolute Gasteiger partial charge is 0.227 e. The van der Waals surface area contributed by atoms with Gasteiger partial charge in [-0.1, -0.05) is 48.9 Å². The minimum atomic E-state index is 0.139. The Balaban J connectivity index is 2.05. The normalized spacial score (nSPS) is 10.1. The van der Waals surface area contributed by atoms with E-state index in [0.717, 1.165) is 24.1 Å². The van der Waals surface area contributed by atoms with Gasteiger partial charge in [0.25, 0.3) is 0 Å². The van der Waals surface area contributed by atoms with Crippen LogP contribution in [-0.2, 0) is 17.8 Å². The summed E-state index contributed by atoms with van der Waals surface area (Å²) in [6.45, 7) is 5.44. The third kappa shape index (κ3) is 4.96. The van der Waals surface area contributed by atoms with Crippen LogP contribution in [0, 0.1) is 18.3 Å². The van der Waals surface area contributed by atoms with Gasteiger partial charge < -0.3 is 4.90 Å². The van der Waals surface area contributed by atoms with Crippen LogP contribution in [0.1, 0.15) is 35.6 Å². The average Bonchev–Trinajstić information content (AvgIpc) is 2.57. The van der Waals surface area contributed by atoms with Crippen molar-refractivity contribution in [1.82, 2.24) is 4.90 Å². The molecule has 0 heterocycles. The largest absolute Gasteiger partial charge is 0.338 e. The highest BCUT2D eigenvalue weighted by Crippen LogP contribution is 2.11. The highest BCUT2D eigenvalue weighted by molar-refractivity contribution is 5.78. The quantitative estimate of drug-likeness (QED) is 0.813. The molecule has 2 aromatic carbocycles. The Hall–Kier alpha value is -2.60. The first-order valence-electron chi connectivity index (χ1n) is 7.94. The van der Waals surface area contributed by atoms with Crippen LogP contribution >= 0.6 is 0 Å². The van der Waals surface area contributed by atoms with Crippen LogP contribution in [0.2, 0.25) is 0 Å². The van der Waals surface area contributed by atoms with Crippen LogP contribution in [0.15, 0.2) is 48.5 Å². The van der Waals surface area contributed by atoms with E-state index in [1.165, 1.54) is 5.56 Å². The highest BCUT2D eigenvalue weighted by atomic mass is 16.2. The molecule has 3 nitrogen and oxygen atoms in total. The Bertz CT molecular complexity index is 681. The van der Waals surface area contributed by atoms with Crippen LogP contribution in [0.4, 0.5) is 0 Å². The molecule has 0 atom stereocenters. The lowest BCUT2D eigenvalue weighted by molar-refractivity contribution is -0.131. The summed E-state index contributed by atoms with van der Waals surface area (Å²) in [7, 11) is 0. The Morgan fingerprint density at radius 1 is 1.04 bits per heavy atom. The monoisotopic (exact) mass is 306 g/mol. The van der Waals surface area contributed by atoms with Crippen LogP contribution in [0.5, 0.6) is 0 Å². The molecule has 0 aromatic heterocycles. The molecule has 3 heteroatoms. The molecule has 0 unspecified atom stereocenters. The number of hydrogen-bond donors (Lipinski definition) is 0. The van der Waals surface area contributed by atoms with E-state index in [1.54, 1.807) is 12.1 Å². The molecular weight excluding hydrogens is 284 g/mol. The average molecular weight is 306 g/mol. The Morgan fingerprint density at radius 3 is 2.22 bits per heavy atom. The van der Waals surface area contributed by atoms with Crippen LogP contribution in [0.3, 0.4) is 0 Å². The van der Waals surface area contributed by atoms with Crippen molar-refractivity contribution in [2.45, 2.75) is 33.2 Å². The molecule has 0 radical (unpaired) electrons. The summed E-state index contributed by atoms with van der Waals surface area (Å²) in [5.74, 6) is 0.139. The van der Waals surface area contributed by atoms with Gasteiger partial charge in [-0.2, -0.15) is 5.26 Å². The van der Waals surface area contributed by atoms with Gasteiger partial charge in [-0.3, -0.25) is 4.79 Å². The molecule has 0 bridgehead atoms. The van der Waals surface area contributed by atoms with Crippen molar-refractivity contribution in [2.75, 3.05) is 6.54 Å². The van der Waals surface area contributed by atoms with Crippen molar-refractivity contribution in [3.63, 3.8) is 0 Å².